The molecule has 0 bridgehead atoms. The third kappa shape index (κ3) is 20.5. The van der Waals surface area contributed by atoms with E-state index in [4.69, 9.17) is 49.5 Å². The van der Waals surface area contributed by atoms with Crippen LogP contribution in [0, 0.1) is 11.8 Å². The van der Waals surface area contributed by atoms with Crippen molar-refractivity contribution in [1.29, 1.82) is 0 Å². The number of amides is 2. The van der Waals surface area contributed by atoms with E-state index in [-0.39, 0.29) is 78.2 Å². The number of anilines is 2. The molecule has 0 spiro atoms. The van der Waals surface area contributed by atoms with E-state index < -0.39 is 66.4 Å². The predicted octanol–water partition coefficient (Wildman–Crippen LogP) is 6.44. The zero-order valence-corrected chi connectivity index (χ0v) is 48.4. The Morgan fingerprint density at radius 3 is 2.28 bits per heavy atom. The highest BCUT2D eigenvalue weighted by molar-refractivity contribution is 8.76. The van der Waals surface area contributed by atoms with E-state index in [1.807, 2.05) is 26.4 Å². The maximum absolute atomic E-state index is 13.8. The van der Waals surface area contributed by atoms with Gasteiger partial charge in [-0.2, -0.15) is 8.62 Å². The van der Waals surface area contributed by atoms with Crippen molar-refractivity contribution in [3.63, 3.8) is 0 Å². The molecule has 1 saturated heterocycles. The first-order valence-corrected chi connectivity index (χ1v) is 33.3. The molecule has 5 rings (SSSR count). The van der Waals surface area contributed by atoms with Crippen LogP contribution in [-0.2, 0) is 60.1 Å². The first-order valence-electron chi connectivity index (χ1n) is 23.5. The van der Waals surface area contributed by atoms with Crippen molar-refractivity contribution in [2.75, 3.05) is 76.3 Å². The number of aromatic nitrogens is 3. The summed E-state index contributed by atoms with van der Waals surface area (Å²) < 4.78 is 78.4. The van der Waals surface area contributed by atoms with E-state index >= 15 is 0 Å². The number of nitrogens with one attached hydrogen (secondary N) is 2. The van der Waals surface area contributed by atoms with Gasteiger partial charge in [-0.05, 0) is 68.5 Å². The lowest BCUT2D eigenvalue weighted by atomic mass is 10.0. The number of nitrogen functional groups attached to an aromatic ring is 1. The molecule has 78 heavy (non-hydrogen) atoms. The summed E-state index contributed by atoms with van der Waals surface area (Å²) in [6.45, 7) is 3.89. The smallest absolute Gasteiger partial charge is 0.462 e. The minimum atomic E-state index is -5.86. The van der Waals surface area contributed by atoms with Crippen LogP contribution >= 0.6 is 66.6 Å². The number of unbranched alkanes of at least 4 members (excludes halogenated alkanes) is 1. The lowest BCUT2D eigenvalue weighted by Gasteiger charge is -2.22. The van der Waals surface area contributed by atoms with Crippen molar-refractivity contribution in [3.8, 4) is 11.8 Å². The molecule has 428 valence electrons. The standard InChI is InChI=1S/C45H60N7O19P3S4/c1-28(77-75-3)32-11-5-6-12-34(32)45(56)69-36-23-40(68-37(36)25-67-73(60,61)71-74(62,63)70-72(57,58)59)52-24-30(41-42(47)49-27-50-43(41)52)10-9-17-48-38(53)13-7-8-18-66-44(55)35-22-31(14-15-33(35)29(2)78-76-4)51-39(54)26-65-21-20-64-19-16-46/h5-6,11-12,14-15,22,24,27-29,36-37,40H,7-8,13,16-21,23,25-26,46H2,1-4H3,(H,48,53)(H,51,54)(H,60,61)(H,62,63)(H2,47,49,50)(H2,57,58,59)/t28?,29?,36?,37-,40-/m1/s1. The van der Waals surface area contributed by atoms with Gasteiger partial charge in [0.25, 0.3) is 0 Å². The van der Waals surface area contributed by atoms with Crippen LogP contribution in [0.1, 0.15) is 93.7 Å². The van der Waals surface area contributed by atoms with Crippen molar-refractivity contribution in [3.05, 3.63) is 82.8 Å². The average Bonchev–Trinajstić information content (AvgIpc) is 4.01. The highest BCUT2D eigenvalue weighted by Gasteiger charge is 2.45. The second kappa shape index (κ2) is 31.2. The topological polar surface area (TPSA) is 381 Å². The summed E-state index contributed by atoms with van der Waals surface area (Å²) in [5.41, 5.74) is 14.5. The van der Waals surface area contributed by atoms with E-state index in [0.717, 1.165) is 5.56 Å². The number of fused-ring (bicyclic) bond motifs is 1. The summed E-state index contributed by atoms with van der Waals surface area (Å²) in [5, 5.41) is 5.52. The van der Waals surface area contributed by atoms with E-state index in [2.05, 4.69) is 41.1 Å². The van der Waals surface area contributed by atoms with Gasteiger partial charge in [-0.3, -0.25) is 14.1 Å². The minimum absolute atomic E-state index is 0.0207. The maximum atomic E-state index is 13.8. The van der Waals surface area contributed by atoms with E-state index in [1.165, 1.54) is 38.7 Å². The molecule has 5 unspecified atom stereocenters. The lowest BCUT2D eigenvalue weighted by molar-refractivity contribution is -0.121. The van der Waals surface area contributed by atoms with Gasteiger partial charge in [-0.25, -0.2) is 33.3 Å². The van der Waals surface area contributed by atoms with Crippen LogP contribution in [-0.4, -0.2) is 135 Å². The Balaban J connectivity index is 1.21. The predicted molar refractivity (Wildman–Crippen MR) is 295 cm³/mol. The molecule has 10 N–H and O–H groups in total. The monoisotopic (exact) mass is 1220 g/mol. The van der Waals surface area contributed by atoms with E-state index in [1.54, 1.807) is 64.1 Å². The zero-order valence-electron chi connectivity index (χ0n) is 42.5. The normalized spacial score (nSPS) is 17.7. The number of rotatable bonds is 31. The number of carbonyl (C=O) groups is 4. The summed E-state index contributed by atoms with van der Waals surface area (Å²) in [5.74, 6) is 3.74. The van der Waals surface area contributed by atoms with E-state index in [9.17, 15) is 42.7 Å². The Kier molecular flexibility index (Phi) is 25.9. The average molecular weight is 1220 g/mol. The van der Waals surface area contributed by atoms with Crippen LogP contribution in [0.25, 0.3) is 11.0 Å². The number of phosphoric ester groups is 1. The fraction of sp³-hybridized carbons (Fsp3) is 0.467. The van der Waals surface area contributed by atoms with Crippen LogP contribution in [0.3, 0.4) is 0 Å². The van der Waals surface area contributed by atoms with Gasteiger partial charge < -0.3 is 69.9 Å². The first kappa shape index (κ1) is 64.8. The minimum Gasteiger partial charge on any atom is -0.462 e. The number of phosphoric acid groups is 3. The van der Waals surface area contributed by atoms with Crippen LogP contribution in [0.2, 0.25) is 0 Å². The SMILES string of the molecule is CSSC(C)c1ccc(NC(=O)COCCOCCN)cc1C(=O)OCCCCC(=O)NCC#Cc1cn([C@H]2CC(OC(=O)c3ccccc3C(C)SSC)[C@@H](COP(=O)(O)OP(=O)(O)OP(=O)(O)O)O2)c2ncnc(N)c12. The summed E-state index contributed by atoms with van der Waals surface area (Å²) >= 11 is 0. The molecular formula is C45H60N7O19P3S4. The van der Waals surface area contributed by atoms with E-state index in [0.29, 0.717) is 54.8 Å². The number of benzene rings is 2. The van der Waals surface area contributed by atoms with Gasteiger partial charge >= 0.3 is 35.4 Å². The molecule has 2 aromatic heterocycles. The maximum Gasteiger partial charge on any atom is 0.490 e. The van der Waals surface area contributed by atoms with Crippen molar-refractivity contribution in [2.45, 2.75) is 68.5 Å². The molecule has 2 aromatic carbocycles. The van der Waals surface area contributed by atoms with Gasteiger partial charge in [-0.15, -0.1) is 0 Å². The second-order valence-corrected chi connectivity index (χ2v) is 26.5. The summed E-state index contributed by atoms with van der Waals surface area (Å²) in [4.78, 5) is 98.9. The molecule has 1 aliphatic heterocycles. The van der Waals surface area contributed by atoms with Crippen LogP contribution in [0.4, 0.5) is 11.5 Å². The molecule has 2 amide bonds. The molecule has 3 heterocycles. The molecule has 1 fully saturated rings. The number of nitrogens with two attached hydrogens (primary N) is 2. The Labute approximate surface area is 464 Å². The van der Waals surface area contributed by atoms with Gasteiger partial charge in [0.2, 0.25) is 11.8 Å². The van der Waals surface area contributed by atoms with Crippen molar-refractivity contribution in [1.82, 2.24) is 19.9 Å². The van der Waals surface area contributed by atoms with Crippen molar-refractivity contribution >= 4 is 113 Å². The molecule has 0 aliphatic carbocycles. The Hall–Kier alpha value is -4.05. The van der Waals surface area contributed by atoms with Gasteiger partial charge in [0.15, 0.2) is 0 Å². The number of hydrogen-bond acceptors (Lipinski definition) is 23. The fourth-order valence-electron chi connectivity index (χ4n) is 7.50. The lowest BCUT2D eigenvalue weighted by Crippen LogP contribution is -2.31. The summed E-state index contributed by atoms with van der Waals surface area (Å²) in [6, 6.07) is 11.8. The van der Waals surface area contributed by atoms with Crippen LogP contribution in [0.15, 0.2) is 55.0 Å². The molecular weight excluding hydrogens is 1160 g/mol. The van der Waals surface area contributed by atoms with Gasteiger partial charge in [0.1, 0.15) is 42.8 Å². The quantitative estimate of drug-likeness (QED) is 0.00883. The molecule has 7 atom stereocenters. The van der Waals surface area contributed by atoms with Gasteiger partial charge in [0, 0.05) is 41.8 Å². The number of ether oxygens (including phenoxy) is 5. The molecule has 0 radical (unpaired) electrons. The van der Waals surface area contributed by atoms with Crippen molar-refractivity contribution < 1.29 is 89.3 Å². The van der Waals surface area contributed by atoms with Crippen LogP contribution < -0.4 is 22.1 Å². The van der Waals surface area contributed by atoms with Crippen LogP contribution in [0.5, 0.6) is 0 Å². The Morgan fingerprint density at radius 1 is 0.872 bits per heavy atom. The van der Waals surface area contributed by atoms with Gasteiger partial charge in [0.05, 0.1) is 61.7 Å². The largest absolute Gasteiger partial charge is 0.490 e. The Bertz CT molecular complexity index is 2930. The third-order valence-corrected chi connectivity index (χ3v) is 19.0. The number of carbonyl (C=O) groups excluding carboxylic acids is 4. The summed E-state index contributed by atoms with van der Waals surface area (Å²) in [7, 11) is -11.1. The second-order valence-electron chi connectivity index (χ2n) is 16.5. The molecule has 4 aromatic rings. The third-order valence-electron chi connectivity index (χ3n) is 10.8. The fourth-order valence-corrected chi connectivity index (χ4v) is 14.1. The summed E-state index contributed by atoms with van der Waals surface area (Å²) in [6.07, 6.45) is 3.48. The molecule has 26 nitrogen and oxygen atoms in total. The molecule has 0 saturated carbocycles. The first-order chi connectivity index (χ1) is 37.0. The van der Waals surface area contributed by atoms with Gasteiger partial charge in [-0.1, -0.05) is 79.3 Å². The molecule has 33 heteroatoms. The zero-order chi connectivity index (χ0) is 57.0. The number of hydrogen-bond donors (Lipinski definition) is 8. The highest BCUT2D eigenvalue weighted by Crippen LogP contribution is 2.66. The number of esters is 2. The number of nitrogens with zero attached hydrogens (tertiary/aromatic N) is 3. The molecule has 1 aliphatic rings. The van der Waals surface area contributed by atoms with Crippen molar-refractivity contribution in [2.24, 2.45) is 5.73 Å². The Morgan fingerprint density at radius 2 is 1.58 bits per heavy atom. The highest BCUT2D eigenvalue weighted by atomic mass is 33.1.